The fourth-order valence-corrected chi connectivity index (χ4v) is 2.34. The lowest BCUT2D eigenvalue weighted by molar-refractivity contribution is -0.175. The van der Waals surface area contributed by atoms with Gasteiger partial charge in [0.15, 0.2) is 5.82 Å². The quantitative estimate of drug-likeness (QED) is 0.655. The SMILES string of the molecule is Nc1ccc(C(CC(F)(F)F)C(=O)N2CC(F)(F)C2)c(F)c1N. The van der Waals surface area contributed by atoms with Crippen LogP contribution in [0.5, 0.6) is 0 Å². The molecule has 0 saturated carbocycles. The summed E-state index contributed by atoms with van der Waals surface area (Å²) in [6, 6.07) is 1.97. The molecule has 2 rings (SSSR count). The monoisotopic (exact) mass is 341 g/mol. The number of nitrogens with zero attached hydrogens (tertiary/aromatic N) is 1. The number of anilines is 2. The summed E-state index contributed by atoms with van der Waals surface area (Å²) in [6.07, 6.45) is -6.48. The molecule has 0 bridgehead atoms. The maximum atomic E-state index is 14.1. The number of alkyl halides is 5. The predicted molar refractivity (Wildman–Crippen MR) is 70.2 cm³/mol. The van der Waals surface area contributed by atoms with Crippen LogP contribution in [0.3, 0.4) is 0 Å². The Kier molecular flexibility index (Phi) is 4.12. The molecule has 1 aliphatic rings. The Morgan fingerprint density at radius 3 is 2.30 bits per heavy atom. The number of hydrogen-bond acceptors (Lipinski definition) is 3. The molecule has 4 nitrogen and oxygen atoms in total. The second-order valence-corrected chi connectivity index (χ2v) is 5.39. The largest absolute Gasteiger partial charge is 0.397 e. The summed E-state index contributed by atoms with van der Waals surface area (Å²) >= 11 is 0. The van der Waals surface area contributed by atoms with E-state index in [1.54, 1.807) is 0 Å². The van der Waals surface area contributed by atoms with Gasteiger partial charge in [-0.05, 0) is 6.07 Å². The third-order valence-electron chi connectivity index (χ3n) is 3.51. The number of rotatable bonds is 3. The van der Waals surface area contributed by atoms with Crippen molar-refractivity contribution >= 4 is 17.3 Å². The molecule has 4 N–H and O–H groups in total. The first kappa shape index (κ1) is 17.2. The molecule has 1 aliphatic heterocycles. The van der Waals surface area contributed by atoms with Crippen LogP contribution >= 0.6 is 0 Å². The first-order valence-corrected chi connectivity index (χ1v) is 6.48. The van der Waals surface area contributed by atoms with Gasteiger partial charge in [-0.2, -0.15) is 13.2 Å². The van der Waals surface area contributed by atoms with Gasteiger partial charge in [0.1, 0.15) is 0 Å². The van der Waals surface area contributed by atoms with E-state index in [9.17, 15) is 31.1 Å². The van der Waals surface area contributed by atoms with Gasteiger partial charge in [-0.3, -0.25) is 4.79 Å². The predicted octanol–water partition coefficient (Wildman–Crippen LogP) is 2.50. The molecule has 1 heterocycles. The number of benzene rings is 1. The lowest BCUT2D eigenvalue weighted by Gasteiger charge is -2.40. The van der Waals surface area contributed by atoms with E-state index in [0.717, 1.165) is 12.1 Å². The van der Waals surface area contributed by atoms with E-state index >= 15 is 0 Å². The molecule has 10 heteroatoms. The van der Waals surface area contributed by atoms with Crippen LogP contribution in [-0.2, 0) is 4.79 Å². The summed E-state index contributed by atoms with van der Waals surface area (Å²) in [5.41, 5.74) is 9.27. The van der Waals surface area contributed by atoms with Gasteiger partial charge in [-0.25, -0.2) is 13.2 Å². The van der Waals surface area contributed by atoms with Gasteiger partial charge in [0.05, 0.1) is 36.8 Å². The molecule has 0 radical (unpaired) electrons. The standard InChI is InChI=1S/C13H13F6N3O/c14-9-6(1-2-8(20)10(9)21)7(3-13(17,18)19)11(23)22-4-12(15,16)5-22/h1-2,7H,3-5,20-21H2. The molecule has 0 aromatic heterocycles. The van der Waals surface area contributed by atoms with Crippen molar-refractivity contribution in [2.75, 3.05) is 24.6 Å². The molecule has 1 saturated heterocycles. The van der Waals surface area contributed by atoms with Crippen LogP contribution in [0.4, 0.5) is 37.7 Å². The molecule has 0 aliphatic carbocycles. The number of amides is 1. The highest BCUT2D eigenvalue weighted by atomic mass is 19.4. The fourth-order valence-electron chi connectivity index (χ4n) is 2.34. The molecule has 23 heavy (non-hydrogen) atoms. The second-order valence-electron chi connectivity index (χ2n) is 5.39. The van der Waals surface area contributed by atoms with Crippen molar-refractivity contribution < 1.29 is 31.1 Å². The Morgan fingerprint density at radius 2 is 1.83 bits per heavy atom. The van der Waals surface area contributed by atoms with Gasteiger partial charge in [-0.1, -0.05) is 6.07 Å². The Balaban J connectivity index is 2.36. The van der Waals surface area contributed by atoms with Crippen molar-refractivity contribution in [3.05, 3.63) is 23.5 Å². The number of carbonyl (C=O) groups excluding carboxylic acids is 1. The van der Waals surface area contributed by atoms with Gasteiger partial charge in [0.2, 0.25) is 5.91 Å². The Labute approximate surface area is 127 Å². The number of nitrogens with two attached hydrogens (primary N) is 2. The Bertz CT molecular complexity index is 623. The first-order valence-electron chi connectivity index (χ1n) is 6.48. The maximum Gasteiger partial charge on any atom is 0.390 e. The van der Waals surface area contributed by atoms with E-state index in [4.69, 9.17) is 11.5 Å². The van der Waals surface area contributed by atoms with E-state index in [0.29, 0.717) is 4.90 Å². The van der Waals surface area contributed by atoms with Crippen LogP contribution in [0.15, 0.2) is 12.1 Å². The van der Waals surface area contributed by atoms with Crippen LogP contribution in [0.1, 0.15) is 17.9 Å². The van der Waals surface area contributed by atoms with E-state index in [1.165, 1.54) is 0 Å². The van der Waals surface area contributed by atoms with Crippen LogP contribution in [0.2, 0.25) is 0 Å². The van der Waals surface area contributed by atoms with Gasteiger partial charge >= 0.3 is 6.18 Å². The third kappa shape index (κ3) is 3.62. The smallest absolute Gasteiger partial charge is 0.390 e. The molecule has 0 spiro atoms. The minimum Gasteiger partial charge on any atom is -0.397 e. The lowest BCUT2D eigenvalue weighted by atomic mass is 9.91. The van der Waals surface area contributed by atoms with Crippen molar-refractivity contribution in [3.63, 3.8) is 0 Å². The molecular weight excluding hydrogens is 328 g/mol. The molecule has 1 aromatic rings. The number of likely N-dealkylation sites (tertiary alicyclic amines) is 1. The number of carbonyl (C=O) groups is 1. The van der Waals surface area contributed by atoms with Crippen LogP contribution in [-0.4, -0.2) is 36.0 Å². The van der Waals surface area contributed by atoms with Crippen molar-refractivity contribution in [1.82, 2.24) is 4.90 Å². The second kappa shape index (κ2) is 5.50. The highest BCUT2D eigenvalue weighted by molar-refractivity contribution is 5.85. The fraction of sp³-hybridized carbons (Fsp3) is 0.462. The Hall–Kier alpha value is -2.13. The molecule has 128 valence electrons. The Morgan fingerprint density at radius 1 is 1.26 bits per heavy atom. The zero-order chi connectivity index (χ0) is 17.6. The topological polar surface area (TPSA) is 72.4 Å². The van der Waals surface area contributed by atoms with Crippen molar-refractivity contribution in [2.45, 2.75) is 24.4 Å². The lowest BCUT2D eigenvalue weighted by Crippen LogP contribution is -2.59. The average molecular weight is 341 g/mol. The number of halogens is 6. The summed E-state index contributed by atoms with van der Waals surface area (Å²) in [5.74, 6) is -7.61. The molecule has 1 fully saturated rings. The molecule has 1 amide bonds. The number of nitrogen functional groups attached to an aromatic ring is 2. The summed E-state index contributed by atoms with van der Waals surface area (Å²) in [5, 5.41) is 0. The van der Waals surface area contributed by atoms with Gasteiger partial charge < -0.3 is 16.4 Å². The van der Waals surface area contributed by atoms with Crippen LogP contribution in [0, 0.1) is 5.82 Å². The summed E-state index contributed by atoms with van der Waals surface area (Å²) in [6.45, 7) is -1.99. The normalized spacial score (nSPS) is 18.4. The molecule has 1 aromatic carbocycles. The van der Waals surface area contributed by atoms with E-state index < -0.39 is 60.5 Å². The summed E-state index contributed by atoms with van der Waals surface area (Å²) < 4.78 is 77.8. The molecular formula is C13H13F6N3O. The number of hydrogen-bond donors (Lipinski definition) is 2. The minimum atomic E-state index is -4.80. The average Bonchev–Trinajstić information content (AvgIpc) is 2.38. The van der Waals surface area contributed by atoms with Crippen molar-refractivity contribution in [2.24, 2.45) is 0 Å². The highest BCUT2D eigenvalue weighted by Gasteiger charge is 2.49. The zero-order valence-electron chi connectivity index (χ0n) is 11.6. The van der Waals surface area contributed by atoms with Crippen molar-refractivity contribution in [3.8, 4) is 0 Å². The maximum absolute atomic E-state index is 14.1. The van der Waals surface area contributed by atoms with E-state index in [2.05, 4.69) is 0 Å². The third-order valence-corrected chi connectivity index (χ3v) is 3.51. The van der Waals surface area contributed by atoms with E-state index in [-0.39, 0.29) is 5.69 Å². The first-order chi connectivity index (χ1) is 10.4. The zero-order valence-corrected chi connectivity index (χ0v) is 11.6. The van der Waals surface area contributed by atoms with Gasteiger partial charge in [-0.15, -0.1) is 0 Å². The minimum absolute atomic E-state index is 0.194. The van der Waals surface area contributed by atoms with Gasteiger partial charge in [0.25, 0.3) is 5.92 Å². The van der Waals surface area contributed by atoms with E-state index in [1.807, 2.05) is 0 Å². The molecule has 1 unspecified atom stereocenters. The van der Waals surface area contributed by atoms with Crippen molar-refractivity contribution in [1.29, 1.82) is 0 Å². The van der Waals surface area contributed by atoms with Crippen LogP contribution < -0.4 is 11.5 Å². The highest BCUT2D eigenvalue weighted by Crippen LogP contribution is 2.38. The summed E-state index contributed by atoms with van der Waals surface area (Å²) in [4.78, 5) is 12.7. The van der Waals surface area contributed by atoms with Crippen LogP contribution in [0.25, 0.3) is 0 Å². The summed E-state index contributed by atoms with van der Waals surface area (Å²) in [7, 11) is 0. The van der Waals surface area contributed by atoms with Gasteiger partial charge in [0, 0.05) is 5.56 Å². The molecule has 1 atom stereocenters.